The van der Waals surface area contributed by atoms with E-state index < -0.39 is 0 Å². The summed E-state index contributed by atoms with van der Waals surface area (Å²) in [5.74, 6) is -0.447. The summed E-state index contributed by atoms with van der Waals surface area (Å²) >= 11 is 0. The Kier molecular flexibility index (Phi) is 3.78. The third-order valence-electron chi connectivity index (χ3n) is 3.45. The second-order valence-corrected chi connectivity index (χ2v) is 5.01. The van der Waals surface area contributed by atoms with Gasteiger partial charge in [0.15, 0.2) is 0 Å². The highest BCUT2D eigenvalue weighted by molar-refractivity contribution is 5.63. The van der Waals surface area contributed by atoms with E-state index in [2.05, 4.69) is 0 Å². The predicted molar refractivity (Wildman–Crippen MR) is 81.0 cm³/mol. The highest BCUT2D eigenvalue weighted by atomic mass is 19.1. The van der Waals surface area contributed by atoms with E-state index in [1.54, 1.807) is 24.3 Å². The molecular formula is C19H14F2. The van der Waals surface area contributed by atoms with Crippen LogP contribution in [0.1, 0.15) is 11.1 Å². The van der Waals surface area contributed by atoms with Crippen molar-refractivity contribution < 1.29 is 8.78 Å². The molecule has 0 bridgehead atoms. The molecule has 0 saturated carbocycles. The number of hydrogen-bond donors (Lipinski definition) is 0. The monoisotopic (exact) mass is 280 g/mol. The molecule has 0 radical (unpaired) electrons. The Morgan fingerprint density at radius 1 is 0.476 bits per heavy atom. The average Bonchev–Trinajstić information content (AvgIpc) is 2.51. The molecule has 0 unspecified atom stereocenters. The fourth-order valence-corrected chi connectivity index (χ4v) is 2.30. The molecular weight excluding hydrogens is 266 g/mol. The van der Waals surface area contributed by atoms with Gasteiger partial charge in [-0.25, -0.2) is 8.78 Å². The van der Waals surface area contributed by atoms with Crippen LogP contribution in [0.4, 0.5) is 8.78 Å². The lowest BCUT2D eigenvalue weighted by molar-refractivity contribution is 0.627. The van der Waals surface area contributed by atoms with Gasteiger partial charge >= 0.3 is 0 Å². The van der Waals surface area contributed by atoms with Gasteiger partial charge in [-0.05, 0) is 52.9 Å². The maximum atomic E-state index is 12.9. The van der Waals surface area contributed by atoms with Crippen molar-refractivity contribution >= 4 is 0 Å². The Labute approximate surface area is 122 Å². The maximum Gasteiger partial charge on any atom is 0.123 e. The molecule has 0 fully saturated rings. The Morgan fingerprint density at radius 2 is 0.810 bits per heavy atom. The average molecular weight is 280 g/mol. The first-order valence-electron chi connectivity index (χ1n) is 6.80. The second-order valence-electron chi connectivity index (χ2n) is 5.01. The summed E-state index contributed by atoms with van der Waals surface area (Å²) in [6.45, 7) is 0. The normalized spacial score (nSPS) is 10.6. The Bertz CT molecular complexity index is 711. The minimum Gasteiger partial charge on any atom is -0.207 e. The summed E-state index contributed by atoms with van der Waals surface area (Å²) in [5.41, 5.74) is 4.28. The second kappa shape index (κ2) is 5.88. The van der Waals surface area contributed by atoms with Crippen molar-refractivity contribution in [3.63, 3.8) is 0 Å². The lowest BCUT2D eigenvalue weighted by Gasteiger charge is -2.05. The molecule has 3 aromatic rings. The molecule has 104 valence electrons. The highest BCUT2D eigenvalue weighted by Gasteiger charge is 2.00. The largest absolute Gasteiger partial charge is 0.207 e. The molecule has 0 saturated heterocycles. The standard InChI is InChI=1S/C19H14F2/c20-18-9-3-15(4-10-18)13-14-1-5-16(6-2-14)17-7-11-19(21)12-8-17/h1-12H,13H2. The van der Waals surface area contributed by atoms with Gasteiger partial charge in [0.1, 0.15) is 11.6 Å². The van der Waals surface area contributed by atoms with Gasteiger partial charge in [0.25, 0.3) is 0 Å². The van der Waals surface area contributed by atoms with Crippen LogP contribution in [0.25, 0.3) is 11.1 Å². The molecule has 0 aliphatic heterocycles. The Morgan fingerprint density at radius 3 is 1.29 bits per heavy atom. The van der Waals surface area contributed by atoms with Crippen molar-refractivity contribution in [1.82, 2.24) is 0 Å². The van der Waals surface area contributed by atoms with E-state index in [9.17, 15) is 8.78 Å². The van der Waals surface area contributed by atoms with Crippen LogP contribution in [-0.2, 0) is 6.42 Å². The molecule has 0 spiro atoms. The first-order chi connectivity index (χ1) is 10.2. The van der Waals surface area contributed by atoms with Gasteiger partial charge in [-0.2, -0.15) is 0 Å². The minimum atomic E-state index is -0.230. The third kappa shape index (κ3) is 3.34. The zero-order valence-electron chi connectivity index (χ0n) is 11.4. The summed E-state index contributed by atoms with van der Waals surface area (Å²) < 4.78 is 25.8. The molecule has 0 aliphatic rings. The molecule has 0 aliphatic carbocycles. The fraction of sp³-hybridized carbons (Fsp3) is 0.0526. The molecule has 0 nitrogen and oxygen atoms in total. The van der Waals surface area contributed by atoms with Crippen molar-refractivity contribution in [3.05, 3.63) is 95.6 Å². The van der Waals surface area contributed by atoms with Crippen LogP contribution in [0.2, 0.25) is 0 Å². The van der Waals surface area contributed by atoms with E-state index in [0.717, 1.165) is 28.7 Å². The van der Waals surface area contributed by atoms with Crippen molar-refractivity contribution in [3.8, 4) is 11.1 Å². The van der Waals surface area contributed by atoms with E-state index in [4.69, 9.17) is 0 Å². The minimum absolute atomic E-state index is 0.217. The van der Waals surface area contributed by atoms with Crippen LogP contribution in [0.3, 0.4) is 0 Å². The predicted octanol–water partition coefficient (Wildman–Crippen LogP) is 5.22. The Balaban J connectivity index is 1.77. The van der Waals surface area contributed by atoms with E-state index >= 15 is 0 Å². The molecule has 0 aromatic heterocycles. The SMILES string of the molecule is Fc1ccc(Cc2ccc(-c3ccc(F)cc3)cc2)cc1. The third-order valence-corrected chi connectivity index (χ3v) is 3.45. The number of halogens is 2. The highest BCUT2D eigenvalue weighted by Crippen LogP contribution is 2.21. The first-order valence-corrected chi connectivity index (χ1v) is 6.80. The lowest BCUT2D eigenvalue weighted by atomic mass is 10.0. The zero-order chi connectivity index (χ0) is 14.7. The van der Waals surface area contributed by atoms with E-state index in [1.807, 2.05) is 24.3 Å². The quantitative estimate of drug-likeness (QED) is 0.617. The smallest absolute Gasteiger partial charge is 0.123 e. The molecule has 21 heavy (non-hydrogen) atoms. The van der Waals surface area contributed by atoms with Crippen molar-refractivity contribution in [2.45, 2.75) is 6.42 Å². The van der Waals surface area contributed by atoms with Crippen molar-refractivity contribution in [2.75, 3.05) is 0 Å². The van der Waals surface area contributed by atoms with Crippen molar-refractivity contribution in [2.24, 2.45) is 0 Å². The van der Waals surface area contributed by atoms with E-state index in [-0.39, 0.29) is 11.6 Å². The van der Waals surface area contributed by atoms with E-state index in [0.29, 0.717) is 0 Å². The van der Waals surface area contributed by atoms with Gasteiger partial charge in [0, 0.05) is 0 Å². The molecule has 0 N–H and O–H groups in total. The van der Waals surface area contributed by atoms with E-state index in [1.165, 1.54) is 24.3 Å². The van der Waals surface area contributed by atoms with Crippen molar-refractivity contribution in [1.29, 1.82) is 0 Å². The van der Waals surface area contributed by atoms with Crippen LogP contribution >= 0.6 is 0 Å². The maximum absolute atomic E-state index is 12.9. The molecule has 0 atom stereocenters. The topological polar surface area (TPSA) is 0 Å². The molecule has 0 heterocycles. The number of hydrogen-bond acceptors (Lipinski definition) is 0. The van der Waals surface area contributed by atoms with Gasteiger partial charge in [0.2, 0.25) is 0 Å². The Hall–Kier alpha value is -2.48. The lowest BCUT2D eigenvalue weighted by Crippen LogP contribution is -1.88. The molecule has 2 heteroatoms. The van der Waals surface area contributed by atoms with Gasteiger partial charge < -0.3 is 0 Å². The van der Waals surface area contributed by atoms with Gasteiger partial charge in [0.05, 0.1) is 0 Å². The molecule has 3 aromatic carbocycles. The van der Waals surface area contributed by atoms with Crippen LogP contribution in [0.15, 0.2) is 72.8 Å². The number of rotatable bonds is 3. The van der Waals surface area contributed by atoms with Gasteiger partial charge in [-0.1, -0.05) is 48.5 Å². The van der Waals surface area contributed by atoms with Gasteiger partial charge in [-0.15, -0.1) is 0 Å². The fourth-order valence-electron chi connectivity index (χ4n) is 2.30. The van der Waals surface area contributed by atoms with Crippen LogP contribution < -0.4 is 0 Å². The zero-order valence-corrected chi connectivity index (χ0v) is 11.4. The van der Waals surface area contributed by atoms with Crippen LogP contribution in [-0.4, -0.2) is 0 Å². The van der Waals surface area contributed by atoms with Crippen LogP contribution in [0, 0.1) is 11.6 Å². The summed E-state index contributed by atoms with van der Waals surface area (Å²) in [4.78, 5) is 0. The van der Waals surface area contributed by atoms with Gasteiger partial charge in [-0.3, -0.25) is 0 Å². The summed E-state index contributed by atoms with van der Waals surface area (Å²) in [6.07, 6.45) is 0.768. The summed E-state index contributed by atoms with van der Waals surface area (Å²) in [7, 11) is 0. The summed E-state index contributed by atoms with van der Waals surface area (Å²) in [5, 5.41) is 0. The van der Waals surface area contributed by atoms with Crippen LogP contribution in [0.5, 0.6) is 0 Å². The number of benzene rings is 3. The summed E-state index contributed by atoms with van der Waals surface area (Å²) in [6, 6.07) is 21.1. The first kappa shape index (κ1) is 13.5. The molecule has 0 amide bonds. The molecule has 3 rings (SSSR count).